The van der Waals surface area contributed by atoms with Gasteiger partial charge in [-0.25, -0.2) is 4.98 Å². The van der Waals surface area contributed by atoms with Crippen molar-refractivity contribution in [2.75, 3.05) is 26.8 Å². The van der Waals surface area contributed by atoms with E-state index < -0.39 is 0 Å². The predicted octanol–water partition coefficient (Wildman–Crippen LogP) is 2.30. The molecular weight excluding hydrogens is 318 g/mol. The summed E-state index contributed by atoms with van der Waals surface area (Å²) in [5.74, 6) is 1.50. The maximum absolute atomic E-state index is 6.10. The lowest BCUT2D eigenvalue weighted by Gasteiger charge is -2.53. The van der Waals surface area contributed by atoms with Gasteiger partial charge in [0.05, 0.1) is 25.5 Å². The molecule has 1 atom stereocenters. The maximum atomic E-state index is 6.10. The predicted molar refractivity (Wildman–Crippen MR) is 92.6 cm³/mol. The Balaban J connectivity index is 1.32. The molecule has 0 unspecified atom stereocenters. The molecule has 3 heterocycles. The standard InChI is InChI=1S/C19H23N3O3/c1-23-16-4-2-3-15(9-16)12-22-13-19(14-22)10-17(5-8-24-19)25-18-11-20-6-7-21-18/h2-4,6-7,9,11,17H,5,8,10,12-14H2,1H3/t17-/m0/s1. The van der Waals surface area contributed by atoms with Gasteiger partial charge in [-0.2, -0.15) is 0 Å². The quantitative estimate of drug-likeness (QED) is 0.832. The summed E-state index contributed by atoms with van der Waals surface area (Å²) in [6, 6.07) is 8.23. The van der Waals surface area contributed by atoms with E-state index in [-0.39, 0.29) is 11.7 Å². The highest BCUT2D eigenvalue weighted by molar-refractivity contribution is 5.28. The number of hydrogen-bond acceptors (Lipinski definition) is 6. The summed E-state index contributed by atoms with van der Waals surface area (Å²) in [6.07, 6.45) is 6.92. The molecule has 2 aliphatic rings. The highest BCUT2D eigenvalue weighted by atomic mass is 16.5. The van der Waals surface area contributed by atoms with E-state index in [9.17, 15) is 0 Å². The first-order chi connectivity index (χ1) is 12.2. The molecule has 0 saturated carbocycles. The fourth-order valence-corrected chi connectivity index (χ4v) is 3.73. The van der Waals surface area contributed by atoms with Crippen LogP contribution in [0.4, 0.5) is 0 Å². The van der Waals surface area contributed by atoms with Crippen molar-refractivity contribution in [3.63, 3.8) is 0 Å². The van der Waals surface area contributed by atoms with Crippen molar-refractivity contribution in [1.29, 1.82) is 0 Å². The smallest absolute Gasteiger partial charge is 0.232 e. The Hall–Kier alpha value is -2.18. The third-order valence-corrected chi connectivity index (χ3v) is 4.84. The molecule has 2 fully saturated rings. The molecule has 4 rings (SSSR count). The van der Waals surface area contributed by atoms with Crippen molar-refractivity contribution in [3.05, 3.63) is 48.4 Å². The van der Waals surface area contributed by atoms with Crippen LogP contribution < -0.4 is 9.47 Å². The molecule has 1 spiro atoms. The van der Waals surface area contributed by atoms with Gasteiger partial charge in [0, 0.05) is 44.9 Å². The minimum atomic E-state index is -0.0794. The number of hydrogen-bond donors (Lipinski definition) is 0. The molecule has 0 radical (unpaired) electrons. The van der Waals surface area contributed by atoms with Crippen LogP contribution in [0.3, 0.4) is 0 Å². The van der Waals surface area contributed by atoms with Gasteiger partial charge in [0.2, 0.25) is 5.88 Å². The lowest BCUT2D eigenvalue weighted by Crippen LogP contribution is -2.65. The normalized spacial score (nSPS) is 22.4. The lowest BCUT2D eigenvalue weighted by atomic mass is 9.84. The molecule has 6 heteroatoms. The molecule has 0 aliphatic carbocycles. The number of rotatable bonds is 5. The summed E-state index contributed by atoms with van der Waals surface area (Å²) >= 11 is 0. The van der Waals surface area contributed by atoms with Crippen molar-refractivity contribution in [1.82, 2.24) is 14.9 Å². The Morgan fingerprint density at radius 2 is 2.24 bits per heavy atom. The van der Waals surface area contributed by atoms with Crippen LogP contribution >= 0.6 is 0 Å². The van der Waals surface area contributed by atoms with Gasteiger partial charge in [-0.3, -0.25) is 9.88 Å². The van der Waals surface area contributed by atoms with Crippen LogP contribution in [0.2, 0.25) is 0 Å². The highest BCUT2D eigenvalue weighted by Crippen LogP contribution is 2.36. The molecule has 2 aliphatic heterocycles. The Bertz CT molecular complexity index is 704. The SMILES string of the molecule is COc1cccc(CN2CC3(C[C@@H](Oc4cnccn4)CCO3)C2)c1. The van der Waals surface area contributed by atoms with Crippen LogP contribution in [-0.2, 0) is 11.3 Å². The van der Waals surface area contributed by atoms with E-state index in [2.05, 4.69) is 27.0 Å². The molecule has 0 N–H and O–H groups in total. The molecule has 2 saturated heterocycles. The zero-order valence-corrected chi connectivity index (χ0v) is 14.4. The van der Waals surface area contributed by atoms with Gasteiger partial charge in [0.25, 0.3) is 0 Å². The molecule has 6 nitrogen and oxygen atoms in total. The number of nitrogens with zero attached hydrogens (tertiary/aromatic N) is 3. The Labute approximate surface area is 147 Å². The van der Waals surface area contributed by atoms with Crippen LogP contribution in [-0.4, -0.2) is 53.4 Å². The van der Waals surface area contributed by atoms with Crippen molar-refractivity contribution >= 4 is 0 Å². The lowest BCUT2D eigenvalue weighted by molar-refractivity contribution is -0.188. The fraction of sp³-hybridized carbons (Fsp3) is 0.474. The fourth-order valence-electron chi connectivity index (χ4n) is 3.73. The Kier molecular flexibility index (Phi) is 4.55. The number of likely N-dealkylation sites (tertiary alicyclic amines) is 1. The summed E-state index contributed by atoms with van der Waals surface area (Å²) in [5, 5.41) is 0. The van der Waals surface area contributed by atoms with Crippen LogP contribution in [0.5, 0.6) is 11.6 Å². The highest BCUT2D eigenvalue weighted by Gasteiger charge is 2.48. The van der Waals surface area contributed by atoms with Crippen LogP contribution in [0.25, 0.3) is 0 Å². The minimum absolute atomic E-state index is 0.0794. The van der Waals surface area contributed by atoms with Gasteiger partial charge in [-0.1, -0.05) is 12.1 Å². The average Bonchev–Trinajstić information content (AvgIpc) is 2.62. The van der Waals surface area contributed by atoms with Crippen molar-refractivity contribution in [3.8, 4) is 11.6 Å². The summed E-state index contributed by atoms with van der Waals surface area (Å²) in [5.41, 5.74) is 1.18. The second-order valence-corrected chi connectivity index (χ2v) is 6.80. The molecule has 1 aromatic carbocycles. The number of aromatic nitrogens is 2. The monoisotopic (exact) mass is 341 g/mol. The Morgan fingerprint density at radius 1 is 1.32 bits per heavy atom. The van der Waals surface area contributed by atoms with E-state index in [0.29, 0.717) is 5.88 Å². The van der Waals surface area contributed by atoms with E-state index in [4.69, 9.17) is 14.2 Å². The number of benzene rings is 1. The van der Waals surface area contributed by atoms with Gasteiger partial charge < -0.3 is 14.2 Å². The summed E-state index contributed by atoms with van der Waals surface area (Å²) < 4.78 is 17.4. The molecule has 0 bridgehead atoms. The van der Waals surface area contributed by atoms with E-state index in [1.807, 2.05) is 12.1 Å². The van der Waals surface area contributed by atoms with Crippen LogP contribution in [0, 0.1) is 0 Å². The zero-order chi connectivity index (χ0) is 17.1. The topological polar surface area (TPSA) is 56.7 Å². The van der Waals surface area contributed by atoms with Crippen molar-refractivity contribution < 1.29 is 14.2 Å². The van der Waals surface area contributed by atoms with Gasteiger partial charge in [-0.15, -0.1) is 0 Å². The first-order valence-corrected chi connectivity index (χ1v) is 8.67. The van der Waals surface area contributed by atoms with Crippen LogP contribution in [0.1, 0.15) is 18.4 Å². The second kappa shape index (κ2) is 6.98. The van der Waals surface area contributed by atoms with E-state index in [0.717, 1.165) is 44.8 Å². The number of methoxy groups -OCH3 is 1. The maximum Gasteiger partial charge on any atom is 0.232 e. The van der Waals surface area contributed by atoms with Crippen molar-refractivity contribution in [2.45, 2.75) is 31.1 Å². The van der Waals surface area contributed by atoms with E-state index >= 15 is 0 Å². The third-order valence-electron chi connectivity index (χ3n) is 4.84. The van der Waals surface area contributed by atoms with Crippen molar-refractivity contribution in [2.24, 2.45) is 0 Å². The Morgan fingerprint density at radius 3 is 3.04 bits per heavy atom. The summed E-state index contributed by atoms with van der Waals surface area (Å²) in [7, 11) is 1.70. The van der Waals surface area contributed by atoms with E-state index in [1.165, 1.54) is 5.56 Å². The minimum Gasteiger partial charge on any atom is -0.497 e. The molecule has 132 valence electrons. The second-order valence-electron chi connectivity index (χ2n) is 6.80. The average molecular weight is 341 g/mol. The molecule has 2 aromatic rings. The van der Waals surface area contributed by atoms with Gasteiger partial charge in [0.15, 0.2) is 0 Å². The first kappa shape index (κ1) is 16.3. The third kappa shape index (κ3) is 3.75. The zero-order valence-electron chi connectivity index (χ0n) is 14.4. The molecule has 25 heavy (non-hydrogen) atoms. The molecule has 1 aromatic heterocycles. The van der Waals surface area contributed by atoms with Gasteiger partial charge in [-0.05, 0) is 17.7 Å². The molecular formula is C19H23N3O3. The van der Waals surface area contributed by atoms with E-state index in [1.54, 1.807) is 25.7 Å². The summed E-state index contributed by atoms with van der Waals surface area (Å²) in [4.78, 5) is 10.7. The number of ether oxygens (including phenoxy) is 3. The van der Waals surface area contributed by atoms with Gasteiger partial charge >= 0.3 is 0 Å². The first-order valence-electron chi connectivity index (χ1n) is 8.67. The van der Waals surface area contributed by atoms with Crippen LogP contribution in [0.15, 0.2) is 42.9 Å². The largest absolute Gasteiger partial charge is 0.497 e. The van der Waals surface area contributed by atoms with Gasteiger partial charge in [0.1, 0.15) is 11.9 Å². The molecule has 0 amide bonds. The summed E-state index contributed by atoms with van der Waals surface area (Å²) in [6.45, 7) is 3.52.